The summed E-state index contributed by atoms with van der Waals surface area (Å²) in [5.41, 5.74) is 0.860. The predicted octanol–water partition coefficient (Wildman–Crippen LogP) is 1.61. The highest BCUT2D eigenvalue weighted by molar-refractivity contribution is 7.87. The number of hydrogen-bond donors (Lipinski definition) is 1. The molecule has 0 aromatic heterocycles. The maximum Gasteiger partial charge on any atom is 0.0697 e. The summed E-state index contributed by atoms with van der Waals surface area (Å²) >= 11 is 0. The van der Waals surface area contributed by atoms with Crippen LogP contribution in [0.1, 0.15) is 6.92 Å². The number of nitrogens with one attached hydrogen (secondary N) is 1. The van der Waals surface area contributed by atoms with E-state index in [1.54, 1.807) is 5.41 Å². The minimum absolute atomic E-state index is 0.657. The van der Waals surface area contributed by atoms with E-state index in [4.69, 9.17) is 4.78 Å². The molecule has 1 heterocycles. The molecule has 1 aliphatic rings. The summed E-state index contributed by atoms with van der Waals surface area (Å²) in [6.07, 6.45) is 0. The first-order chi connectivity index (χ1) is 3.29. The molecule has 7 heavy (non-hydrogen) atoms. The summed E-state index contributed by atoms with van der Waals surface area (Å²) < 4.78 is 10.5. The van der Waals surface area contributed by atoms with E-state index >= 15 is 0 Å². The Hall–Kier alpha value is -0.510. The predicted molar refractivity (Wildman–Crippen MR) is 28.7 cm³/mol. The molecule has 0 radical (unpaired) electrons. The van der Waals surface area contributed by atoms with Crippen LogP contribution >= 0.6 is 0 Å². The zero-order valence-electron chi connectivity index (χ0n) is 3.88. The Kier molecular flexibility index (Phi) is 1.02. The van der Waals surface area contributed by atoms with Gasteiger partial charge in [0.05, 0.1) is 16.6 Å². The molecule has 0 saturated heterocycles. The second-order valence-corrected chi connectivity index (χ2v) is 2.28. The lowest BCUT2D eigenvalue weighted by atomic mass is 10.6. The van der Waals surface area contributed by atoms with E-state index in [1.807, 2.05) is 6.92 Å². The third-order valence-electron chi connectivity index (χ3n) is 0.569. The van der Waals surface area contributed by atoms with Gasteiger partial charge < -0.3 is 0 Å². The number of allylic oxidation sites excluding steroid dienone is 1. The Morgan fingerprint density at radius 3 is 2.71 bits per heavy atom. The summed E-state index contributed by atoms with van der Waals surface area (Å²) in [6.45, 7) is 1.84. The normalized spacial score (nSPS) is 28.1. The molecule has 0 aromatic carbocycles. The first-order valence-electron chi connectivity index (χ1n) is 1.83. The van der Waals surface area contributed by atoms with Crippen LogP contribution in [-0.4, -0.2) is 0 Å². The smallest absolute Gasteiger partial charge is 0.0697 e. The van der Waals surface area contributed by atoms with Crippen LogP contribution in [0.2, 0.25) is 0 Å². The van der Waals surface area contributed by atoms with Gasteiger partial charge in [0.1, 0.15) is 0 Å². The highest BCUT2D eigenvalue weighted by Gasteiger charge is 1.94. The molecule has 0 fully saturated rings. The van der Waals surface area contributed by atoms with Gasteiger partial charge >= 0.3 is 0 Å². The van der Waals surface area contributed by atoms with Gasteiger partial charge in [0.15, 0.2) is 0 Å². The molecule has 0 spiro atoms. The lowest BCUT2D eigenvalue weighted by Crippen LogP contribution is -1.61. The summed E-state index contributed by atoms with van der Waals surface area (Å²) in [7, 11) is -0.657. The standard InChI is InChI=1S/C3H5N3S/c1-3-2-7(4)6-5-3/h2,4H,1H3. The van der Waals surface area contributed by atoms with Crippen LogP contribution in [-0.2, 0) is 10.9 Å². The topological polar surface area (TPSA) is 48.6 Å². The molecule has 0 aliphatic carbocycles. The molecular formula is C3H5N3S. The van der Waals surface area contributed by atoms with Crippen LogP contribution < -0.4 is 0 Å². The number of hydrogen-bond acceptors (Lipinski definition) is 2. The maximum absolute atomic E-state index is 6.95. The molecule has 1 rings (SSSR count). The molecule has 38 valence electrons. The molecule has 0 aromatic rings. The van der Waals surface area contributed by atoms with E-state index < -0.39 is 10.9 Å². The van der Waals surface area contributed by atoms with E-state index in [-0.39, 0.29) is 0 Å². The fourth-order valence-corrected chi connectivity index (χ4v) is 0.951. The third kappa shape index (κ3) is 0.928. The van der Waals surface area contributed by atoms with Crippen LogP contribution in [0.3, 0.4) is 0 Å². The molecule has 1 unspecified atom stereocenters. The summed E-state index contributed by atoms with van der Waals surface area (Å²) in [5.74, 6) is 0. The van der Waals surface area contributed by atoms with Crippen molar-refractivity contribution in [2.45, 2.75) is 6.92 Å². The van der Waals surface area contributed by atoms with Gasteiger partial charge in [-0.25, -0.2) is 0 Å². The van der Waals surface area contributed by atoms with E-state index in [1.165, 1.54) is 0 Å². The SMILES string of the molecule is CC1=CS(=N)N=N1. The van der Waals surface area contributed by atoms with Crippen molar-refractivity contribution in [3.63, 3.8) is 0 Å². The van der Waals surface area contributed by atoms with E-state index in [2.05, 4.69) is 9.63 Å². The third-order valence-corrected chi connectivity index (χ3v) is 1.39. The zero-order chi connectivity index (χ0) is 5.28. The Balaban J connectivity index is 2.88. The van der Waals surface area contributed by atoms with Gasteiger partial charge in [0, 0.05) is 5.41 Å². The Labute approximate surface area is 44.2 Å². The number of nitrogens with zero attached hydrogens (tertiary/aromatic N) is 2. The average molecular weight is 115 g/mol. The fourth-order valence-electron chi connectivity index (χ4n) is 0.317. The monoisotopic (exact) mass is 115 g/mol. The van der Waals surface area contributed by atoms with Crippen molar-refractivity contribution in [2.75, 3.05) is 0 Å². The first-order valence-corrected chi connectivity index (χ1v) is 3.08. The fraction of sp³-hybridized carbons (Fsp3) is 0.333. The van der Waals surface area contributed by atoms with Gasteiger partial charge in [-0.3, -0.25) is 4.78 Å². The maximum atomic E-state index is 6.95. The van der Waals surface area contributed by atoms with Crippen LogP contribution in [0, 0.1) is 4.78 Å². The Morgan fingerprint density at radius 2 is 2.57 bits per heavy atom. The van der Waals surface area contributed by atoms with E-state index in [9.17, 15) is 0 Å². The molecular weight excluding hydrogens is 110 g/mol. The molecule has 0 saturated carbocycles. The highest BCUT2D eigenvalue weighted by Crippen LogP contribution is 2.08. The van der Waals surface area contributed by atoms with Crippen molar-refractivity contribution in [3.8, 4) is 0 Å². The quantitative estimate of drug-likeness (QED) is 0.498. The minimum Gasteiger partial charge on any atom is -0.254 e. The molecule has 0 bridgehead atoms. The molecule has 0 amide bonds. The lowest BCUT2D eigenvalue weighted by molar-refractivity contribution is 1.22. The largest absolute Gasteiger partial charge is 0.254 e. The Bertz CT molecular complexity index is 158. The van der Waals surface area contributed by atoms with Crippen molar-refractivity contribution in [1.82, 2.24) is 0 Å². The van der Waals surface area contributed by atoms with Gasteiger partial charge in [-0.1, -0.05) is 0 Å². The molecule has 3 nitrogen and oxygen atoms in total. The average Bonchev–Trinajstić information content (AvgIpc) is 1.87. The van der Waals surface area contributed by atoms with Crippen molar-refractivity contribution >= 4 is 10.9 Å². The van der Waals surface area contributed by atoms with Gasteiger partial charge in [-0.15, -0.1) is 9.63 Å². The number of rotatable bonds is 0. The van der Waals surface area contributed by atoms with Gasteiger partial charge in [0.2, 0.25) is 0 Å². The van der Waals surface area contributed by atoms with Crippen LogP contribution in [0.5, 0.6) is 0 Å². The first kappa shape index (κ1) is 4.64. The van der Waals surface area contributed by atoms with E-state index in [0.717, 1.165) is 5.70 Å². The van der Waals surface area contributed by atoms with Gasteiger partial charge in [-0.2, -0.15) is 0 Å². The second kappa shape index (κ2) is 1.54. The minimum atomic E-state index is -0.657. The van der Waals surface area contributed by atoms with Crippen molar-refractivity contribution < 1.29 is 0 Å². The molecule has 1 N–H and O–H groups in total. The highest BCUT2D eigenvalue weighted by atomic mass is 32.2. The second-order valence-electron chi connectivity index (χ2n) is 1.26. The molecule has 1 aliphatic heterocycles. The van der Waals surface area contributed by atoms with Crippen LogP contribution in [0.4, 0.5) is 0 Å². The summed E-state index contributed by atoms with van der Waals surface area (Å²) in [6, 6.07) is 0. The van der Waals surface area contributed by atoms with Gasteiger partial charge in [0.25, 0.3) is 0 Å². The molecule has 1 atom stereocenters. The van der Waals surface area contributed by atoms with Crippen molar-refractivity contribution in [2.24, 2.45) is 9.63 Å². The van der Waals surface area contributed by atoms with Crippen molar-refractivity contribution in [1.29, 1.82) is 4.78 Å². The Morgan fingerprint density at radius 1 is 1.86 bits per heavy atom. The molecule has 4 heteroatoms. The van der Waals surface area contributed by atoms with Crippen molar-refractivity contribution in [3.05, 3.63) is 11.1 Å². The van der Waals surface area contributed by atoms with Crippen LogP contribution in [0.25, 0.3) is 0 Å². The zero-order valence-corrected chi connectivity index (χ0v) is 4.70. The summed E-state index contributed by atoms with van der Waals surface area (Å²) in [4.78, 5) is 0. The van der Waals surface area contributed by atoms with Crippen LogP contribution in [0.15, 0.2) is 20.7 Å². The lowest BCUT2D eigenvalue weighted by Gasteiger charge is -1.69. The summed E-state index contributed by atoms with van der Waals surface area (Å²) in [5, 5.41) is 5.35. The van der Waals surface area contributed by atoms with Gasteiger partial charge in [-0.05, 0) is 6.92 Å². The van der Waals surface area contributed by atoms with E-state index in [0.29, 0.717) is 0 Å².